The van der Waals surface area contributed by atoms with Crippen molar-refractivity contribution in [3.05, 3.63) is 66.0 Å². The van der Waals surface area contributed by atoms with Crippen molar-refractivity contribution in [1.29, 1.82) is 0 Å². The van der Waals surface area contributed by atoms with Gasteiger partial charge in [0.05, 0.1) is 12.6 Å². The molecule has 0 aliphatic carbocycles. The van der Waals surface area contributed by atoms with Crippen molar-refractivity contribution in [2.75, 3.05) is 6.61 Å². The van der Waals surface area contributed by atoms with E-state index in [1.165, 1.54) is 18.2 Å². The Bertz CT molecular complexity index is 674. The summed E-state index contributed by atoms with van der Waals surface area (Å²) in [5.41, 5.74) is 0.606. The Morgan fingerprint density at radius 2 is 1.65 bits per heavy atom. The van der Waals surface area contributed by atoms with Crippen LogP contribution in [0.5, 0.6) is 0 Å². The van der Waals surface area contributed by atoms with Crippen LogP contribution in [0.15, 0.2) is 59.5 Å². The van der Waals surface area contributed by atoms with E-state index in [0.29, 0.717) is 5.56 Å². The summed E-state index contributed by atoms with van der Waals surface area (Å²) in [6.07, 6.45) is 0. The summed E-state index contributed by atoms with van der Waals surface area (Å²) in [5.74, 6) is -0.829. The van der Waals surface area contributed by atoms with E-state index in [1.54, 1.807) is 30.3 Å². The van der Waals surface area contributed by atoms with Crippen LogP contribution in [0.25, 0.3) is 0 Å². The van der Waals surface area contributed by atoms with Crippen molar-refractivity contribution < 1.29 is 17.9 Å². The van der Waals surface area contributed by atoms with Crippen molar-refractivity contribution in [3.63, 3.8) is 0 Å². The highest BCUT2D eigenvalue weighted by Gasteiger charge is 2.23. The molecule has 1 atom stereocenters. The zero-order valence-electron chi connectivity index (χ0n) is 10.5. The lowest BCUT2D eigenvalue weighted by Crippen LogP contribution is -2.31. The molecular formula is C14H14FNO3S. The van der Waals surface area contributed by atoms with Crippen LogP contribution >= 0.6 is 0 Å². The first-order valence-electron chi connectivity index (χ1n) is 5.97. The Kier molecular flexibility index (Phi) is 4.49. The fourth-order valence-corrected chi connectivity index (χ4v) is 3.10. The molecule has 2 N–H and O–H groups in total. The first-order valence-corrected chi connectivity index (χ1v) is 7.45. The molecule has 0 saturated carbocycles. The Hall–Kier alpha value is -1.76. The van der Waals surface area contributed by atoms with Gasteiger partial charge in [0, 0.05) is 0 Å². The molecular weight excluding hydrogens is 281 g/mol. The second-order valence-electron chi connectivity index (χ2n) is 4.20. The predicted octanol–water partition coefficient (Wildman–Crippen LogP) is 1.84. The number of rotatable bonds is 5. The molecule has 0 unspecified atom stereocenters. The van der Waals surface area contributed by atoms with Crippen LogP contribution in [0, 0.1) is 5.82 Å². The molecule has 0 amide bonds. The van der Waals surface area contributed by atoms with Crippen LogP contribution in [0.3, 0.4) is 0 Å². The van der Waals surface area contributed by atoms with E-state index in [1.807, 2.05) is 0 Å². The normalized spacial score (nSPS) is 13.1. The highest BCUT2D eigenvalue weighted by atomic mass is 32.2. The van der Waals surface area contributed by atoms with Crippen molar-refractivity contribution in [2.24, 2.45) is 0 Å². The van der Waals surface area contributed by atoms with Gasteiger partial charge in [0.15, 0.2) is 0 Å². The van der Waals surface area contributed by atoms with Crippen molar-refractivity contribution in [2.45, 2.75) is 10.9 Å². The van der Waals surface area contributed by atoms with Crippen LogP contribution < -0.4 is 4.72 Å². The SMILES string of the molecule is O=S(=O)(N[C@@H](CO)c1ccccc1)c1ccccc1F. The molecule has 0 spiro atoms. The van der Waals surface area contributed by atoms with Crippen molar-refractivity contribution >= 4 is 10.0 Å². The van der Waals surface area contributed by atoms with Gasteiger partial charge in [-0.15, -0.1) is 0 Å². The number of benzene rings is 2. The van der Waals surface area contributed by atoms with Crippen LogP contribution in [-0.2, 0) is 10.0 Å². The summed E-state index contributed by atoms with van der Waals surface area (Å²) < 4.78 is 40.1. The van der Waals surface area contributed by atoms with E-state index < -0.39 is 33.4 Å². The second-order valence-corrected chi connectivity index (χ2v) is 5.88. The van der Waals surface area contributed by atoms with Gasteiger partial charge in [0.25, 0.3) is 0 Å². The summed E-state index contributed by atoms with van der Waals surface area (Å²) >= 11 is 0. The van der Waals surface area contributed by atoms with E-state index in [2.05, 4.69) is 4.72 Å². The first kappa shape index (κ1) is 14.6. The van der Waals surface area contributed by atoms with E-state index >= 15 is 0 Å². The molecule has 0 aliphatic heterocycles. The molecule has 0 radical (unpaired) electrons. The van der Waals surface area contributed by atoms with E-state index in [9.17, 15) is 17.9 Å². The van der Waals surface area contributed by atoms with Gasteiger partial charge >= 0.3 is 0 Å². The molecule has 4 nitrogen and oxygen atoms in total. The van der Waals surface area contributed by atoms with Crippen LogP contribution in [0.1, 0.15) is 11.6 Å². The Morgan fingerprint density at radius 1 is 1.05 bits per heavy atom. The molecule has 0 fully saturated rings. The maximum Gasteiger partial charge on any atom is 0.244 e. The summed E-state index contributed by atoms with van der Waals surface area (Å²) in [6, 6.07) is 12.9. The van der Waals surface area contributed by atoms with E-state index in [4.69, 9.17) is 0 Å². The molecule has 6 heteroatoms. The molecule has 2 aromatic rings. The summed E-state index contributed by atoms with van der Waals surface area (Å²) in [7, 11) is -4.04. The van der Waals surface area contributed by atoms with Gasteiger partial charge in [-0.25, -0.2) is 17.5 Å². The van der Waals surface area contributed by atoms with Gasteiger partial charge in [-0.3, -0.25) is 0 Å². The standard InChI is InChI=1S/C14H14FNO3S/c15-12-8-4-5-9-14(12)20(18,19)16-13(10-17)11-6-2-1-3-7-11/h1-9,13,16-17H,10H2/t13-/m0/s1. The number of aliphatic hydroxyl groups is 1. The Morgan fingerprint density at radius 3 is 2.25 bits per heavy atom. The number of hydrogen-bond donors (Lipinski definition) is 2. The average Bonchev–Trinajstić information content (AvgIpc) is 2.46. The fourth-order valence-electron chi connectivity index (χ4n) is 1.81. The van der Waals surface area contributed by atoms with Gasteiger partial charge in [-0.2, -0.15) is 0 Å². The quantitative estimate of drug-likeness (QED) is 0.884. The monoisotopic (exact) mass is 295 g/mol. The Labute approximate surface area is 116 Å². The zero-order chi connectivity index (χ0) is 14.6. The number of halogens is 1. The number of sulfonamides is 1. The third kappa shape index (κ3) is 3.22. The maximum atomic E-state index is 13.6. The topological polar surface area (TPSA) is 66.4 Å². The molecule has 0 bridgehead atoms. The van der Waals surface area contributed by atoms with Gasteiger partial charge in [-0.05, 0) is 17.7 Å². The molecule has 2 aromatic carbocycles. The average molecular weight is 295 g/mol. The number of aliphatic hydroxyl groups excluding tert-OH is 1. The molecule has 0 heterocycles. The lowest BCUT2D eigenvalue weighted by molar-refractivity contribution is 0.258. The lowest BCUT2D eigenvalue weighted by atomic mass is 10.1. The van der Waals surface area contributed by atoms with Gasteiger partial charge < -0.3 is 5.11 Å². The molecule has 106 valence electrons. The smallest absolute Gasteiger partial charge is 0.244 e. The second kappa shape index (κ2) is 6.13. The predicted molar refractivity (Wildman–Crippen MR) is 73.0 cm³/mol. The van der Waals surface area contributed by atoms with Crippen molar-refractivity contribution in [1.82, 2.24) is 4.72 Å². The van der Waals surface area contributed by atoms with Crippen molar-refractivity contribution in [3.8, 4) is 0 Å². The first-order chi connectivity index (χ1) is 9.54. The highest BCUT2D eigenvalue weighted by molar-refractivity contribution is 7.89. The summed E-state index contributed by atoms with van der Waals surface area (Å²) in [4.78, 5) is -0.436. The van der Waals surface area contributed by atoms with E-state index in [-0.39, 0.29) is 0 Å². The molecule has 2 rings (SSSR count). The van der Waals surface area contributed by atoms with Crippen LogP contribution in [0.2, 0.25) is 0 Å². The zero-order valence-corrected chi connectivity index (χ0v) is 11.3. The largest absolute Gasteiger partial charge is 0.394 e. The summed E-state index contributed by atoms with van der Waals surface area (Å²) in [6.45, 7) is -0.419. The number of hydrogen-bond acceptors (Lipinski definition) is 3. The summed E-state index contributed by atoms with van der Waals surface area (Å²) in [5, 5.41) is 9.34. The third-order valence-corrected chi connectivity index (χ3v) is 4.31. The minimum atomic E-state index is -4.04. The Balaban J connectivity index is 2.30. The molecule has 20 heavy (non-hydrogen) atoms. The molecule has 0 aliphatic rings. The minimum Gasteiger partial charge on any atom is -0.394 e. The fraction of sp³-hybridized carbons (Fsp3) is 0.143. The van der Waals surface area contributed by atoms with Gasteiger partial charge in [0.2, 0.25) is 10.0 Å². The maximum absolute atomic E-state index is 13.6. The molecule has 0 saturated heterocycles. The van der Waals surface area contributed by atoms with E-state index in [0.717, 1.165) is 6.07 Å². The lowest BCUT2D eigenvalue weighted by Gasteiger charge is -2.17. The highest BCUT2D eigenvalue weighted by Crippen LogP contribution is 2.18. The third-order valence-electron chi connectivity index (χ3n) is 2.81. The van der Waals surface area contributed by atoms with Crippen LogP contribution in [-0.4, -0.2) is 20.1 Å². The number of nitrogens with one attached hydrogen (secondary N) is 1. The molecule has 0 aromatic heterocycles. The van der Waals surface area contributed by atoms with Gasteiger partial charge in [-0.1, -0.05) is 42.5 Å². The van der Waals surface area contributed by atoms with Gasteiger partial charge in [0.1, 0.15) is 10.7 Å². The van der Waals surface area contributed by atoms with Crippen LogP contribution in [0.4, 0.5) is 4.39 Å². The minimum absolute atomic E-state index is 0.419.